The van der Waals surface area contributed by atoms with Crippen molar-refractivity contribution in [2.45, 2.75) is 18.9 Å². The van der Waals surface area contributed by atoms with E-state index in [-0.39, 0.29) is 24.4 Å². The third-order valence-corrected chi connectivity index (χ3v) is 3.02. The topological polar surface area (TPSA) is 55.6 Å². The van der Waals surface area contributed by atoms with Crippen LogP contribution in [0.5, 0.6) is 0 Å². The monoisotopic (exact) mass is 252 g/mol. The van der Waals surface area contributed by atoms with E-state index in [1.165, 1.54) is 11.0 Å². The van der Waals surface area contributed by atoms with Crippen LogP contribution in [0.2, 0.25) is 0 Å². The van der Waals surface area contributed by atoms with Crippen molar-refractivity contribution in [3.05, 3.63) is 30.1 Å². The molecule has 2 rings (SSSR count). The van der Waals surface area contributed by atoms with Crippen LogP contribution in [0.15, 0.2) is 24.3 Å². The number of halogens is 1. The zero-order chi connectivity index (χ0) is 13.0. The number of hydrogen-bond donors (Lipinski definition) is 1. The molecule has 4 nitrogen and oxygen atoms in total. The molecule has 1 unspecified atom stereocenters. The summed E-state index contributed by atoms with van der Waals surface area (Å²) in [6.45, 7) is 0.989. The molecular formula is C13H17FN2O2. The standard InChI is InChI=1S/C13H17FN2O2/c14-11-5-1-2-6-12(11)16-10(4-3-7-15)8-18-9-13(16)17/h1-2,5-6,10H,3-4,7-9,15H2. The Balaban J connectivity index is 2.24. The lowest BCUT2D eigenvalue weighted by molar-refractivity contribution is -0.127. The van der Waals surface area contributed by atoms with Gasteiger partial charge >= 0.3 is 0 Å². The summed E-state index contributed by atoms with van der Waals surface area (Å²) in [7, 11) is 0. The van der Waals surface area contributed by atoms with E-state index in [1.807, 2.05) is 0 Å². The average molecular weight is 252 g/mol. The van der Waals surface area contributed by atoms with Gasteiger partial charge in [0, 0.05) is 0 Å². The number of para-hydroxylation sites is 1. The highest BCUT2D eigenvalue weighted by atomic mass is 19.1. The van der Waals surface area contributed by atoms with Gasteiger partial charge in [-0.1, -0.05) is 12.1 Å². The lowest BCUT2D eigenvalue weighted by atomic mass is 10.1. The van der Waals surface area contributed by atoms with Crippen LogP contribution in [0.1, 0.15) is 12.8 Å². The summed E-state index contributed by atoms with van der Waals surface area (Å²) >= 11 is 0. The van der Waals surface area contributed by atoms with Gasteiger partial charge in [-0.15, -0.1) is 0 Å². The van der Waals surface area contributed by atoms with E-state index in [0.717, 1.165) is 12.8 Å². The van der Waals surface area contributed by atoms with Crippen molar-refractivity contribution >= 4 is 11.6 Å². The normalized spacial score (nSPS) is 20.2. The molecular weight excluding hydrogens is 235 g/mol. The van der Waals surface area contributed by atoms with Crippen molar-refractivity contribution in [3.8, 4) is 0 Å². The highest BCUT2D eigenvalue weighted by Gasteiger charge is 2.31. The molecule has 1 aromatic rings. The fourth-order valence-corrected chi connectivity index (χ4v) is 2.17. The quantitative estimate of drug-likeness (QED) is 0.878. The number of amides is 1. The SMILES string of the molecule is NCCCC1COCC(=O)N1c1ccccc1F. The van der Waals surface area contributed by atoms with Gasteiger partial charge in [0.2, 0.25) is 0 Å². The van der Waals surface area contributed by atoms with Crippen LogP contribution in [0, 0.1) is 5.82 Å². The van der Waals surface area contributed by atoms with Crippen LogP contribution in [0.4, 0.5) is 10.1 Å². The minimum absolute atomic E-state index is 0.00740. The number of rotatable bonds is 4. The summed E-state index contributed by atoms with van der Waals surface area (Å²) in [4.78, 5) is 13.4. The smallest absolute Gasteiger partial charge is 0.253 e. The highest BCUT2D eigenvalue weighted by Crippen LogP contribution is 2.25. The van der Waals surface area contributed by atoms with E-state index in [2.05, 4.69) is 0 Å². The molecule has 2 N–H and O–H groups in total. The van der Waals surface area contributed by atoms with Crippen LogP contribution >= 0.6 is 0 Å². The van der Waals surface area contributed by atoms with E-state index < -0.39 is 0 Å². The van der Waals surface area contributed by atoms with E-state index in [1.54, 1.807) is 18.2 Å². The fourth-order valence-electron chi connectivity index (χ4n) is 2.17. The number of hydrogen-bond acceptors (Lipinski definition) is 3. The zero-order valence-corrected chi connectivity index (χ0v) is 10.1. The lowest BCUT2D eigenvalue weighted by Gasteiger charge is -2.35. The molecule has 0 bridgehead atoms. The van der Waals surface area contributed by atoms with Gasteiger partial charge in [0.1, 0.15) is 12.4 Å². The first-order valence-electron chi connectivity index (χ1n) is 6.08. The Labute approximate surface area is 106 Å². The molecule has 1 amide bonds. The first-order chi connectivity index (χ1) is 8.74. The predicted octanol–water partition coefficient (Wildman–Crippen LogP) is 1.30. The van der Waals surface area contributed by atoms with Gasteiger partial charge in [-0.25, -0.2) is 4.39 Å². The summed E-state index contributed by atoms with van der Waals surface area (Å²) in [5.41, 5.74) is 5.80. The van der Waals surface area contributed by atoms with Gasteiger partial charge < -0.3 is 15.4 Å². The number of carbonyl (C=O) groups excluding carboxylic acids is 1. The second-order valence-electron chi connectivity index (χ2n) is 4.32. The van der Waals surface area contributed by atoms with Gasteiger partial charge in [0.05, 0.1) is 18.3 Å². The number of ether oxygens (including phenoxy) is 1. The number of carbonyl (C=O) groups is 1. The molecule has 18 heavy (non-hydrogen) atoms. The Morgan fingerprint density at radius 3 is 2.94 bits per heavy atom. The van der Waals surface area contributed by atoms with E-state index >= 15 is 0 Å². The molecule has 0 aromatic heterocycles. The Morgan fingerprint density at radius 2 is 2.22 bits per heavy atom. The largest absolute Gasteiger partial charge is 0.369 e. The maximum Gasteiger partial charge on any atom is 0.253 e. The van der Waals surface area contributed by atoms with Gasteiger partial charge in [0.25, 0.3) is 5.91 Å². The van der Waals surface area contributed by atoms with E-state index in [0.29, 0.717) is 18.8 Å². The first-order valence-corrected chi connectivity index (χ1v) is 6.08. The molecule has 1 aromatic carbocycles. The Kier molecular flexibility index (Phi) is 4.28. The van der Waals surface area contributed by atoms with Crippen molar-refractivity contribution < 1.29 is 13.9 Å². The molecule has 5 heteroatoms. The maximum absolute atomic E-state index is 13.8. The molecule has 1 aliphatic rings. The molecule has 1 heterocycles. The minimum Gasteiger partial charge on any atom is -0.369 e. The molecule has 1 aliphatic heterocycles. The molecule has 1 atom stereocenters. The van der Waals surface area contributed by atoms with Crippen LogP contribution in [-0.2, 0) is 9.53 Å². The highest BCUT2D eigenvalue weighted by molar-refractivity contribution is 5.95. The van der Waals surface area contributed by atoms with Gasteiger partial charge in [-0.05, 0) is 31.5 Å². The minimum atomic E-state index is -0.384. The lowest BCUT2D eigenvalue weighted by Crippen LogP contribution is -2.50. The summed E-state index contributed by atoms with van der Waals surface area (Å²) in [6, 6.07) is 6.18. The van der Waals surface area contributed by atoms with E-state index in [9.17, 15) is 9.18 Å². The molecule has 1 fully saturated rings. The van der Waals surface area contributed by atoms with Crippen molar-refractivity contribution in [3.63, 3.8) is 0 Å². The molecule has 0 saturated carbocycles. The average Bonchev–Trinajstić information content (AvgIpc) is 2.38. The summed E-state index contributed by atoms with van der Waals surface area (Å²) < 4.78 is 19.0. The van der Waals surface area contributed by atoms with Crippen LogP contribution < -0.4 is 10.6 Å². The predicted molar refractivity (Wildman–Crippen MR) is 66.8 cm³/mol. The van der Waals surface area contributed by atoms with Crippen molar-refractivity contribution in [2.24, 2.45) is 5.73 Å². The Morgan fingerprint density at radius 1 is 1.44 bits per heavy atom. The number of nitrogens with two attached hydrogens (primary N) is 1. The Hall–Kier alpha value is -1.46. The van der Waals surface area contributed by atoms with Crippen LogP contribution in [-0.4, -0.2) is 31.7 Å². The number of benzene rings is 1. The van der Waals surface area contributed by atoms with Crippen LogP contribution in [0.25, 0.3) is 0 Å². The van der Waals surface area contributed by atoms with Crippen LogP contribution in [0.3, 0.4) is 0 Å². The molecule has 0 aliphatic carbocycles. The first kappa shape index (κ1) is 13.0. The number of morpholine rings is 1. The molecule has 1 saturated heterocycles. The second-order valence-corrected chi connectivity index (χ2v) is 4.32. The third kappa shape index (κ3) is 2.68. The van der Waals surface area contributed by atoms with Crippen molar-refractivity contribution in [1.82, 2.24) is 0 Å². The summed E-state index contributed by atoms with van der Waals surface area (Å²) in [6.07, 6.45) is 1.50. The fraction of sp³-hybridized carbons (Fsp3) is 0.462. The van der Waals surface area contributed by atoms with Crippen molar-refractivity contribution in [2.75, 3.05) is 24.7 Å². The van der Waals surface area contributed by atoms with E-state index in [4.69, 9.17) is 10.5 Å². The zero-order valence-electron chi connectivity index (χ0n) is 10.1. The second kappa shape index (κ2) is 5.93. The molecule has 98 valence electrons. The molecule has 0 spiro atoms. The van der Waals surface area contributed by atoms with Crippen molar-refractivity contribution in [1.29, 1.82) is 0 Å². The maximum atomic E-state index is 13.8. The molecule has 0 radical (unpaired) electrons. The summed E-state index contributed by atoms with van der Waals surface area (Å²) in [5, 5.41) is 0. The van der Waals surface area contributed by atoms with Gasteiger partial charge in [-0.3, -0.25) is 4.79 Å². The Bertz CT molecular complexity index is 425. The summed E-state index contributed by atoms with van der Waals surface area (Å²) in [5.74, 6) is -0.584. The van der Waals surface area contributed by atoms with Gasteiger partial charge in [-0.2, -0.15) is 0 Å². The number of nitrogens with zero attached hydrogens (tertiary/aromatic N) is 1. The van der Waals surface area contributed by atoms with Gasteiger partial charge in [0.15, 0.2) is 0 Å². The number of anilines is 1. The third-order valence-electron chi connectivity index (χ3n) is 3.02.